The van der Waals surface area contributed by atoms with Crippen LogP contribution in [-0.4, -0.2) is 16.4 Å². The Bertz CT molecular complexity index is 2040. The van der Waals surface area contributed by atoms with Crippen LogP contribution in [0.25, 0.3) is 38.6 Å². The van der Waals surface area contributed by atoms with E-state index in [-0.39, 0.29) is 5.91 Å². The van der Waals surface area contributed by atoms with Crippen molar-refractivity contribution in [2.24, 2.45) is 0 Å². The maximum atomic E-state index is 13.8. The van der Waals surface area contributed by atoms with Crippen LogP contribution in [0.15, 0.2) is 109 Å². The van der Waals surface area contributed by atoms with Gasteiger partial charge in [0.25, 0.3) is 11.8 Å². The van der Waals surface area contributed by atoms with Gasteiger partial charge in [0.05, 0.1) is 39.1 Å². The van der Waals surface area contributed by atoms with Gasteiger partial charge < -0.3 is 4.57 Å². The number of aryl methyl sites for hydroxylation is 1. The summed E-state index contributed by atoms with van der Waals surface area (Å²) in [7, 11) is 0. The zero-order valence-electron chi connectivity index (χ0n) is 21.7. The molecular weight excluding hydrogens is 525 g/mol. The first-order chi connectivity index (χ1) is 19.7. The summed E-state index contributed by atoms with van der Waals surface area (Å²) in [5, 5.41) is 1.87. The second kappa shape index (κ2) is 8.93. The molecule has 0 radical (unpaired) electrons. The molecule has 41 heavy (non-hydrogen) atoms. The summed E-state index contributed by atoms with van der Waals surface area (Å²) in [5.41, 5.74) is 4.52. The van der Waals surface area contributed by atoms with E-state index in [0.29, 0.717) is 33.6 Å². The monoisotopic (exact) mass is 546 g/mol. The molecule has 0 fully saturated rings. The van der Waals surface area contributed by atoms with Crippen LogP contribution in [-0.2, 0) is 6.18 Å². The molecule has 0 atom stereocenters. The van der Waals surface area contributed by atoms with E-state index in [9.17, 15) is 22.8 Å². The molecule has 7 heteroatoms. The third-order valence-electron chi connectivity index (χ3n) is 7.69. The van der Waals surface area contributed by atoms with Crippen molar-refractivity contribution in [1.82, 2.24) is 4.57 Å². The molecular formula is C34H21F3N2O2. The van der Waals surface area contributed by atoms with E-state index in [1.54, 1.807) is 43.3 Å². The number of aromatic nitrogens is 1. The average molecular weight is 547 g/mol. The summed E-state index contributed by atoms with van der Waals surface area (Å²) < 4.78 is 41.9. The lowest BCUT2D eigenvalue weighted by Crippen LogP contribution is -2.29. The molecule has 2 amide bonds. The standard InChI is InChI=1S/C34H21F3N2O2/c1-20-18-22(34(35,36)37)15-17-24(20)21-14-16-26-25-10-5-6-12-28(25)39(30(26)19-21)29-13-7-11-27-31(29)33(41)38(32(27)40)23-8-3-2-4-9-23/h2-19H,1H3. The fourth-order valence-electron chi connectivity index (χ4n) is 5.83. The molecule has 0 unspecified atom stereocenters. The summed E-state index contributed by atoms with van der Waals surface area (Å²) in [6.45, 7) is 1.66. The van der Waals surface area contributed by atoms with E-state index in [0.717, 1.165) is 39.5 Å². The molecule has 0 saturated carbocycles. The van der Waals surface area contributed by atoms with Crippen LogP contribution < -0.4 is 4.90 Å². The average Bonchev–Trinajstić information content (AvgIpc) is 3.43. The number of nitrogens with zero attached hydrogens (tertiary/aromatic N) is 2. The highest BCUT2D eigenvalue weighted by atomic mass is 19.4. The molecule has 0 spiro atoms. The number of hydrogen-bond donors (Lipinski definition) is 0. The predicted molar refractivity (Wildman–Crippen MR) is 154 cm³/mol. The largest absolute Gasteiger partial charge is 0.416 e. The van der Waals surface area contributed by atoms with Crippen molar-refractivity contribution in [2.75, 3.05) is 4.90 Å². The van der Waals surface area contributed by atoms with Crippen LogP contribution in [0.4, 0.5) is 18.9 Å². The smallest absolute Gasteiger partial charge is 0.308 e. The van der Waals surface area contributed by atoms with Gasteiger partial charge in [-0.25, -0.2) is 4.90 Å². The van der Waals surface area contributed by atoms with E-state index < -0.39 is 17.6 Å². The third kappa shape index (κ3) is 3.77. The maximum absolute atomic E-state index is 13.8. The number of fused-ring (bicyclic) bond motifs is 4. The quantitative estimate of drug-likeness (QED) is 0.209. The number of para-hydroxylation sites is 2. The van der Waals surface area contributed by atoms with Crippen LogP contribution >= 0.6 is 0 Å². The number of carbonyl (C=O) groups is 2. The summed E-state index contributed by atoms with van der Waals surface area (Å²) in [5.74, 6) is -0.799. The number of anilines is 1. The Morgan fingerprint density at radius 2 is 1.37 bits per heavy atom. The third-order valence-corrected chi connectivity index (χ3v) is 7.69. The first kappa shape index (κ1) is 24.8. The number of alkyl halides is 3. The molecule has 1 aliphatic rings. The minimum Gasteiger partial charge on any atom is -0.308 e. The molecule has 5 aromatic carbocycles. The van der Waals surface area contributed by atoms with Gasteiger partial charge in [0, 0.05) is 10.8 Å². The molecule has 200 valence electrons. The van der Waals surface area contributed by atoms with E-state index in [1.807, 2.05) is 59.2 Å². The Balaban J connectivity index is 1.47. The molecule has 1 aliphatic heterocycles. The van der Waals surface area contributed by atoms with Crippen LogP contribution in [0.1, 0.15) is 31.8 Å². The summed E-state index contributed by atoms with van der Waals surface area (Å²) >= 11 is 0. The van der Waals surface area contributed by atoms with E-state index in [4.69, 9.17) is 0 Å². The van der Waals surface area contributed by atoms with Crippen molar-refractivity contribution in [2.45, 2.75) is 13.1 Å². The molecule has 0 saturated heterocycles. The lowest BCUT2D eigenvalue weighted by molar-refractivity contribution is -0.137. The van der Waals surface area contributed by atoms with Crippen molar-refractivity contribution in [3.63, 3.8) is 0 Å². The Hall–Kier alpha value is -5.17. The van der Waals surface area contributed by atoms with Gasteiger partial charge in [-0.1, -0.05) is 60.7 Å². The highest BCUT2D eigenvalue weighted by Gasteiger charge is 2.39. The first-order valence-electron chi connectivity index (χ1n) is 13.0. The summed E-state index contributed by atoms with van der Waals surface area (Å²) in [6.07, 6.45) is -4.43. The number of amides is 2. The molecule has 2 heterocycles. The molecule has 1 aromatic heterocycles. The zero-order valence-corrected chi connectivity index (χ0v) is 21.7. The fourth-order valence-corrected chi connectivity index (χ4v) is 5.83. The van der Waals surface area contributed by atoms with Gasteiger partial charge >= 0.3 is 6.18 Å². The minimum atomic E-state index is -4.43. The molecule has 0 bridgehead atoms. The van der Waals surface area contributed by atoms with E-state index in [1.165, 1.54) is 11.0 Å². The number of halogens is 3. The first-order valence-corrected chi connectivity index (χ1v) is 13.0. The van der Waals surface area contributed by atoms with E-state index >= 15 is 0 Å². The van der Waals surface area contributed by atoms with E-state index in [2.05, 4.69) is 0 Å². The molecule has 7 rings (SSSR count). The van der Waals surface area contributed by atoms with Gasteiger partial charge in [-0.3, -0.25) is 9.59 Å². The van der Waals surface area contributed by atoms with Crippen LogP contribution in [0, 0.1) is 6.92 Å². The van der Waals surface area contributed by atoms with Crippen molar-refractivity contribution in [3.05, 3.63) is 131 Å². The molecule has 0 N–H and O–H groups in total. The number of carbonyl (C=O) groups excluding carboxylic acids is 2. The number of hydrogen-bond acceptors (Lipinski definition) is 2. The van der Waals surface area contributed by atoms with Gasteiger partial charge in [-0.05, 0) is 72.1 Å². The number of rotatable bonds is 3. The topological polar surface area (TPSA) is 42.3 Å². The Labute approximate surface area is 232 Å². The summed E-state index contributed by atoms with van der Waals surface area (Å²) in [6, 6.07) is 31.4. The zero-order chi connectivity index (χ0) is 28.5. The SMILES string of the molecule is Cc1cc(C(F)(F)F)ccc1-c1ccc2c3ccccc3n(-c3cccc4c3C(=O)N(c3ccccc3)C4=O)c2c1. The highest BCUT2D eigenvalue weighted by molar-refractivity contribution is 6.35. The van der Waals surface area contributed by atoms with Gasteiger partial charge in [0.1, 0.15) is 0 Å². The van der Waals surface area contributed by atoms with Crippen LogP contribution in [0.2, 0.25) is 0 Å². The number of imide groups is 1. The molecule has 6 aromatic rings. The fraction of sp³-hybridized carbons (Fsp3) is 0.0588. The summed E-state index contributed by atoms with van der Waals surface area (Å²) in [4.78, 5) is 28.5. The Morgan fingerprint density at radius 1 is 0.634 bits per heavy atom. The lowest BCUT2D eigenvalue weighted by atomic mass is 9.97. The second-order valence-corrected chi connectivity index (χ2v) is 10.1. The predicted octanol–water partition coefficient (Wildman–Crippen LogP) is 8.58. The second-order valence-electron chi connectivity index (χ2n) is 10.1. The van der Waals surface area contributed by atoms with Crippen LogP contribution in [0.5, 0.6) is 0 Å². The minimum absolute atomic E-state index is 0.306. The van der Waals surface area contributed by atoms with Gasteiger partial charge in [0.15, 0.2) is 0 Å². The normalized spacial score (nSPS) is 13.4. The van der Waals surface area contributed by atoms with Crippen LogP contribution in [0.3, 0.4) is 0 Å². The van der Waals surface area contributed by atoms with Gasteiger partial charge in [-0.2, -0.15) is 13.2 Å². The lowest BCUT2D eigenvalue weighted by Gasteiger charge is -2.15. The molecule has 4 nitrogen and oxygen atoms in total. The number of benzene rings is 5. The van der Waals surface area contributed by atoms with Crippen molar-refractivity contribution < 1.29 is 22.8 Å². The highest BCUT2D eigenvalue weighted by Crippen LogP contribution is 2.40. The van der Waals surface area contributed by atoms with Crippen molar-refractivity contribution >= 4 is 39.3 Å². The molecule has 0 aliphatic carbocycles. The van der Waals surface area contributed by atoms with Gasteiger partial charge in [0.2, 0.25) is 0 Å². The van der Waals surface area contributed by atoms with Crippen molar-refractivity contribution in [1.29, 1.82) is 0 Å². The maximum Gasteiger partial charge on any atom is 0.416 e. The Kier molecular flexibility index (Phi) is 5.41. The van der Waals surface area contributed by atoms with Gasteiger partial charge in [-0.15, -0.1) is 0 Å². The Morgan fingerprint density at radius 3 is 2.12 bits per heavy atom. The van der Waals surface area contributed by atoms with Crippen molar-refractivity contribution in [3.8, 4) is 16.8 Å².